The minimum absolute atomic E-state index is 0.388. The average Bonchev–Trinajstić information content (AvgIpc) is 3.00. The molecule has 5 heteroatoms. The second kappa shape index (κ2) is 6.01. The largest absolute Gasteiger partial charge is 0.339 e. The van der Waals surface area contributed by atoms with Crippen molar-refractivity contribution < 1.29 is 4.52 Å². The van der Waals surface area contributed by atoms with E-state index in [0.29, 0.717) is 24.2 Å². The van der Waals surface area contributed by atoms with Crippen LogP contribution in [0.25, 0.3) is 22.3 Å². The summed E-state index contributed by atoms with van der Waals surface area (Å²) in [4.78, 5) is 8.77. The van der Waals surface area contributed by atoms with E-state index in [1.807, 2.05) is 30.3 Å². The van der Waals surface area contributed by atoms with Crippen molar-refractivity contribution in [3.63, 3.8) is 0 Å². The van der Waals surface area contributed by atoms with Crippen molar-refractivity contribution in [2.75, 3.05) is 6.54 Å². The number of rotatable bonds is 5. The molecule has 1 aromatic carbocycles. The van der Waals surface area contributed by atoms with E-state index in [1.165, 1.54) is 0 Å². The Morgan fingerprint density at radius 2 is 2.19 bits per heavy atom. The molecule has 2 heterocycles. The van der Waals surface area contributed by atoms with Gasteiger partial charge in [-0.25, -0.2) is 0 Å². The molecule has 0 amide bonds. The molecule has 0 fully saturated rings. The average molecular weight is 282 g/mol. The van der Waals surface area contributed by atoms with Crippen molar-refractivity contribution in [2.45, 2.75) is 19.8 Å². The molecule has 21 heavy (non-hydrogen) atoms. The fourth-order valence-electron chi connectivity index (χ4n) is 2.31. The van der Waals surface area contributed by atoms with Crippen LogP contribution in [0.1, 0.15) is 19.2 Å². The van der Waals surface area contributed by atoms with Gasteiger partial charge in [0.2, 0.25) is 11.7 Å². The highest BCUT2D eigenvalue weighted by atomic mass is 16.5. The minimum Gasteiger partial charge on any atom is -0.339 e. The number of aromatic nitrogens is 3. The Morgan fingerprint density at radius 3 is 3.00 bits per heavy atom. The highest BCUT2D eigenvalue weighted by molar-refractivity contribution is 5.82. The van der Waals surface area contributed by atoms with Crippen molar-refractivity contribution >= 4 is 10.9 Å². The van der Waals surface area contributed by atoms with E-state index in [0.717, 1.165) is 29.3 Å². The number of hydrogen-bond acceptors (Lipinski definition) is 5. The van der Waals surface area contributed by atoms with Gasteiger partial charge in [-0.1, -0.05) is 24.6 Å². The second-order valence-corrected chi connectivity index (χ2v) is 5.14. The molecule has 3 rings (SSSR count). The smallest absolute Gasteiger partial charge is 0.227 e. The Bertz CT molecular complexity index is 734. The first-order valence-electron chi connectivity index (χ1n) is 7.18. The van der Waals surface area contributed by atoms with Gasteiger partial charge in [0.05, 0.1) is 5.52 Å². The van der Waals surface area contributed by atoms with Crippen LogP contribution >= 0.6 is 0 Å². The molecule has 108 valence electrons. The standard InChI is InChI=1S/C16H18N4O/c1-2-11(10-17)8-15-19-16(20-21-15)13-5-6-14-12(9-13)4-3-7-18-14/h3-7,9,11H,2,8,10,17H2,1H3. The van der Waals surface area contributed by atoms with Gasteiger partial charge in [-0.2, -0.15) is 4.98 Å². The second-order valence-electron chi connectivity index (χ2n) is 5.14. The Hall–Kier alpha value is -2.27. The number of nitrogens with two attached hydrogens (primary N) is 1. The third-order valence-electron chi connectivity index (χ3n) is 3.70. The monoisotopic (exact) mass is 282 g/mol. The van der Waals surface area contributed by atoms with E-state index in [1.54, 1.807) is 6.20 Å². The minimum atomic E-state index is 0.388. The molecule has 5 nitrogen and oxygen atoms in total. The van der Waals surface area contributed by atoms with Crippen molar-refractivity contribution in [1.82, 2.24) is 15.1 Å². The zero-order valence-electron chi connectivity index (χ0n) is 12.0. The number of benzene rings is 1. The van der Waals surface area contributed by atoms with Crippen molar-refractivity contribution in [3.05, 3.63) is 42.4 Å². The fourth-order valence-corrected chi connectivity index (χ4v) is 2.31. The highest BCUT2D eigenvalue weighted by Crippen LogP contribution is 2.22. The Labute approximate surface area is 123 Å². The number of nitrogens with zero attached hydrogens (tertiary/aromatic N) is 3. The van der Waals surface area contributed by atoms with Gasteiger partial charge in [0, 0.05) is 23.6 Å². The lowest BCUT2D eigenvalue weighted by Gasteiger charge is -2.07. The highest BCUT2D eigenvalue weighted by Gasteiger charge is 2.13. The number of hydrogen-bond donors (Lipinski definition) is 1. The molecule has 3 aromatic rings. The zero-order valence-corrected chi connectivity index (χ0v) is 12.0. The first-order valence-corrected chi connectivity index (χ1v) is 7.18. The Kier molecular flexibility index (Phi) is 3.92. The van der Waals surface area contributed by atoms with E-state index in [4.69, 9.17) is 10.3 Å². The molecule has 0 bridgehead atoms. The van der Waals surface area contributed by atoms with Gasteiger partial charge in [-0.15, -0.1) is 0 Å². The normalized spacial score (nSPS) is 12.7. The summed E-state index contributed by atoms with van der Waals surface area (Å²) in [5.41, 5.74) is 7.61. The van der Waals surface area contributed by atoms with Crippen LogP contribution in [0, 0.1) is 5.92 Å². The lowest BCUT2D eigenvalue weighted by Crippen LogP contribution is -2.15. The summed E-state index contributed by atoms with van der Waals surface area (Å²) in [5.74, 6) is 1.65. The van der Waals surface area contributed by atoms with Gasteiger partial charge in [-0.3, -0.25) is 4.98 Å². The van der Waals surface area contributed by atoms with Gasteiger partial charge in [0.1, 0.15) is 0 Å². The lowest BCUT2D eigenvalue weighted by atomic mass is 10.0. The molecule has 2 N–H and O–H groups in total. The van der Waals surface area contributed by atoms with Gasteiger partial charge < -0.3 is 10.3 Å². The predicted molar refractivity (Wildman–Crippen MR) is 81.6 cm³/mol. The molecular formula is C16H18N4O. The molecule has 0 spiro atoms. The van der Waals surface area contributed by atoms with Crippen LogP contribution in [0.3, 0.4) is 0 Å². The van der Waals surface area contributed by atoms with E-state index in [-0.39, 0.29) is 0 Å². The van der Waals surface area contributed by atoms with Gasteiger partial charge >= 0.3 is 0 Å². The molecule has 0 aliphatic heterocycles. The Balaban J connectivity index is 1.87. The third-order valence-corrected chi connectivity index (χ3v) is 3.70. The van der Waals surface area contributed by atoms with E-state index in [2.05, 4.69) is 22.0 Å². The molecule has 0 saturated heterocycles. The van der Waals surface area contributed by atoms with E-state index < -0.39 is 0 Å². The third kappa shape index (κ3) is 2.92. The molecule has 1 atom stereocenters. The van der Waals surface area contributed by atoms with Crippen LogP contribution in [0.5, 0.6) is 0 Å². The summed E-state index contributed by atoms with van der Waals surface area (Å²) in [6, 6.07) is 9.89. The van der Waals surface area contributed by atoms with Crippen molar-refractivity contribution in [3.8, 4) is 11.4 Å². The molecule has 0 radical (unpaired) electrons. The maximum absolute atomic E-state index is 5.71. The summed E-state index contributed by atoms with van der Waals surface area (Å²) in [6.07, 6.45) is 3.52. The predicted octanol–water partition coefficient (Wildman–Crippen LogP) is 2.81. The molecule has 0 saturated carbocycles. The fraction of sp³-hybridized carbons (Fsp3) is 0.312. The van der Waals surface area contributed by atoms with Crippen LogP contribution in [-0.4, -0.2) is 21.7 Å². The molecule has 1 unspecified atom stereocenters. The number of pyridine rings is 1. The Morgan fingerprint density at radius 1 is 1.29 bits per heavy atom. The maximum atomic E-state index is 5.71. The van der Waals surface area contributed by atoms with Crippen molar-refractivity contribution in [1.29, 1.82) is 0 Å². The number of fused-ring (bicyclic) bond motifs is 1. The van der Waals surface area contributed by atoms with Gasteiger partial charge in [-0.05, 0) is 36.7 Å². The molecule has 0 aliphatic carbocycles. The van der Waals surface area contributed by atoms with Crippen LogP contribution in [0.2, 0.25) is 0 Å². The summed E-state index contributed by atoms with van der Waals surface area (Å²) in [5, 5.41) is 5.13. The summed E-state index contributed by atoms with van der Waals surface area (Å²) in [6.45, 7) is 2.75. The molecule has 0 aliphatic rings. The summed E-state index contributed by atoms with van der Waals surface area (Å²) >= 11 is 0. The lowest BCUT2D eigenvalue weighted by molar-refractivity contribution is 0.350. The maximum Gasteiger partial charge on any atom is 0.227 e. The topological polar surface area (TPSA) is 77.8 Å². The molecular weight excluding hydrogens is 264 g/mol. The van der Waals surface area contributed by atoms with Gasteiger partial charge in [0.15, 0.2) is 0 Å². The van der Waals surface area contributed by atoms with Crippen molar-refractivity contribution in [2.24, 2.45) is 11.7 Å². The quantitative estimate of drug-likeness (QED) is 0.778. The van der Waals surface area contributed by atoms with Crippen LogP contribution < -0.4 is 5.73 Å². The molecule has 2 aromatic heterocycles. The summed E-state index contributed by atoms with van der Waals surface area (Å²) in [7, 11) is 0. The van der Waals surface area contributed by atoms with Crippen LogP contribution in [0.15, 0.2) is 41.1 Å². The van der Waals surface area contributed by atoms with Crippen LogP contribution in [-0.2, 0) is 6.42 Å². The first kappa shape index (κ1) is 13.7. The SMILES string of the molecule is CCC(CN)Cc1nc(-c2ccc3ncccc3c2)no1. The first-order chi connectivity index (χ1) is 10.3. The van der Waals surface area contributed by atoms with Gasteiger partial charge in [0.25, 0.3) is 0 Å². The van der Waals surface area contributed by atoms with Crippen LogP contribution in [0.4, 0.5) is 0 Å². The van der Waals surface area contributed by atoms with E-state index in [9.17, 15) is 0 Å². The zero-order chi connectivity index (χ0) is 14.7. The van der Waals surface area contributed by atoms with E-state index >= 15 is 0 Å². The summed E-state index contributed by atoms with van der Waals surface area (Å²) < 4.78 is 5.33.